The molecule has 3 heterocycles. The molecule has 180 valence electrons. The number of benzene rings is 2. The third-order valence-corrected chi connectivity index (χ3v) is 7.33. The number of ether oxygens (including phenoxy) is 2. The molecule has 9 heteroatoms. The summed E-state index contributed by atoms with van der Waals surface area (Å²) in [6.07, 6.45) is 0.850. The van der Waals surface area contributed by atoms with Crippen molar-refractivity contribution in [2.24, 2.45) is 0 Å². The largest absolute Gasteiger partial charge is 0.493 e. The molecule has 1 amide bonds. The lowest BCUT2D eigenvalue weighted by atomic mass is 9.98. The van der Waals surface area contributed by atoms with Gasteiger partial charge in [-0.25, -0.2) is 4.98 Å². The minimum absolute atomic E-state index is 0.00519. The van der Waals surface area contributed by atoms with Crippen LogP contribution in [0.5, 0.6) is 11.5 Å². The molecule has 0 unspecified atom stereocenters. The molecule has 0 saturated carbocycles. The van der Waals surface area contributed by atoms with Gasteiger partial charge in [0.2, 0.25) is 5.76 Å². The number of methoxy groups -OCH3 is 1. The average molecular weight is 511 g/mol. The zero-order valence-electron chi connectivity index (χ0n) is 19.7. The van der Waals surface area contributed by atoms with Crippen LogP contribution in [0.15, 0.2) is 45.6 Å². The summed E-state index contributed by atoms with van der Waals surface area (Å²) in [4.78, 5) is 34.6. The van der Waals surface area contributed by atoms with Gasteiger partial charge >= 0.3 is 0 Å². The highest BCUT2D eigenvalue weighted by atomic mass is 35.5. The number of aryl methyl sites for hydroxylation is 2. The highest BCUT2D eigenvalue weighted by Crippen LogP contribution is 2.44. The van der Waals surface area contributed by atoms with Gasteiger partial charge in [0, 0.05) is 9.90 Å². The summed E-state index contributed by atoms with van der Waals surface area (Å²) in [6.45, 7) is 6.40. The maximum atomic E-state index is 13.7. The van der Waals surface area contributed by atoms with Gasteiger partial charge in [-0.1, -0.05) is 24.6 Å². The molecule has 0 spiro atoms. The molecule has 1 aliphatic heterocycles. The standard InChI is InChI=1S/C26H23ClN2O5S/c1-5-10-33-19-8-6-15(11-20(19)32-4)22-21-23(30)17-12-16(27)7-9-18(17)34-24(21)25(31)29(22)26-28-13(2)14(3)35-26/h6-9,11-12,22H,5,10H2,1-4H3/t22-/m0/s1. The highest BCUT2D eigenvalue weighted by Gasteiger charge is 2.45. The van der Waals surface area contributed by atoms with E-state index in [1.807, 2.05) is 26.8 Å². The van der Waals surface area contributed by atoms with E-state index >= 15 is 0 Å². The molecule has 4 aromatic rings. The zero-order chi connectivity index (χ0) is 24.9. The van der Waals surface area contributed by atoms with Crippen molar-refractivity contribution >= 4 is 44.9 Å². The fraction of sp³-hybridized carbons (Fsp3) is 0.269. The van der Waals surface area contributed by atoms with Gasteiger partial charge in [-0.2, -0.15) is 0 Å². The maximum absolute atomic E-state index is 13.7. The van der Waals surface area contributed by atoms with E-state index in [9.17, 15) is 9.59 Å². The molecule has 35 heavy (non-hydrogen) atoms. The average Bonchev–Trinajstić information content (AvgIpc) is 3.33. The number of hydrogen-bond acceptors (Lipinski definition) is 7. The van der Waals surface area contributed by atoms with Gasteiger partial charge in [0.15, 0.2) is 22.1 Å². The third kappa shape index (κ3) is 3.86. The zero-order valence-corrected chi connectivity index (χ0v) is 21.2. The second-order valence-electron chi connectivity index (χ2n) is 8.29. The molecule has 0 saturated heterocycles. The molecular formula is C26H23ClN2O5S. The lowest BCUT2D eigenvalue weighted by Gasteiger charge is -2.23. The van der Waals surface area contributed by atoms with Crippen LogP contribution in [-0.4, -0.2) is 24.6 Å². The molecule has 0 fully saturated rings. The van der Waals surface area contributed by atoms with Crippen LogP contribution in [0.3, 0.4) is 0 Å². The Morgan fingerprint density at radius 3 is 2.63 bits per heavy atom. The van der Waals surface area contributed by atoms with Crippen LogP contribution in [0, 0.1) is 13.8 Å². The number of rotatable bonds is 6. The van der Waals surface area contributed by atoms with Crippen molar-refractivity contribution in [2.45, 2.75) is 33.2 Å². The Hall–Kier alpha value is -3.36. The van der Waals surface area contributed by atoms with E-state index in [-0.39, 0.29) is 16.8 Å². The summed E-state index contributed by atoms with van der Waals surface area (Å²) in [7, 11) is 1.56. The summed E-state index contributed by atoms with van der Waals surface area (Å²) < 4.78 is 17.4. The van der Waals surface area contributed by atoms with Gasteiger partial charge in [0.25, 0.3) is 5.91 Å². The van der Waals surface area contributed by atoms with Crippen LogP contribution < -0.4 is 19.8 Å². The Kier molecular flexibility index (Phi) is 6.02. The summed E-state index contributed by atoms with van der Waals surface area (Å²) in [5, 5.41) is 1.22. The summed E-state index contributed by atoms with van der Waals surface area (Å²) in [5.74, 6) is 0.688. The molecule has 7 nitrogen and oxygen atoms in total. The summed E-state index contributed by atoms with van der Waals surface area (Å²) >= 11 is 7.56. The van der Waals surface area contributed by atoms with Crippen LogP contribution in [0.25, 0.3) is 11.0 Å². The number of amides is 1. The Labute approximate surface area is 210 Å². The van der Waals surface area contributed by atoms with E-state index in [0.717, 1.165) is 17.0 Å². The van der Waals surface area contributed by atoms with Gasteiger partial charge < -0.3 is 13.9 Å². The van der Waals surface area contributed by atoms with E-state index in [2.05, 4.69) is 4.98 Å². The molecule has 5 rings (SSSR count). The number of nitrogens with zero attached hydrogens (tertiary/aromatic N) is 2. The van der Waals surface area contributed by atoms with E-state index < -0.39 is 11.9 Å². The smallest absolute Gasteiger partial charge is 0.297 e. The predicted octanol–water partition coefficient (Wildman–Crippen LogP) is 6.07. The molecule has 0 bridgehead atoms. The molecule has 1 aliphatic rings. The topological polar surface area (TPSA) is 81.9 Å². The van der Waals surface area contributed by atoms with Crippen LogP contribution in [0.4, 0.5) is 5.13 Å². The van der Waals surface area contributed by atoms with Gasteiger partial charge in [-0.15, -0.1) is 11.3 Å². The number of carbonyl (C=O) groups excluding carboxylic acids is 1. The minimum atomic E-state index is -0.754. The van der Waals surface area contributed by atoms with Crippen molar-refractivity contribution in [2.75, 3.05) is 18.6 Å². The summed E-state index contributed by atoms with van der Waals surface area (Å²) in [5.41, 5.74) is 1.75. The van der Waals surface area contributed by atoms with Crippen molar-refractivity contribution in [3.63, 3.8) is 0 Å². The SMILES string of the molecule is CCCOc1ccc([C@H]2c3c(oc4ccc(Cl)cc4c3=O)C(=O)N2c2nc(C)c(C)s2)cc1OC. The first-order chi connectivity index (χ1) is 16.8. The lowest BCUT2D eigenvalue weighted by Crippen LogP contribution is -2.29. The molecule has 2 aromatic carbocycles. The van der Waals surface area contributed by atoms with Crippen molar-refractivity contribution in [3.05, 3.63) is 79.1 Å². The Morgan fingerprint density at radius 2 is 1.94 bits per heavy atom. The number of fused-ring (bicyclic) bond motifs is 2. The first-order valence-electron chi connectivity index (χ1n) is 11.2. The van der Waals surface area contributed by atoms with E-state index in [1.54, 1.807) is 37.4 Å². The minimum Gasteiger partial charge on any atom is -0.493 e. The van der Waals surface area contributed by atoms with Gasteiger partial charge in [-0.3, -0.25) is 14.5 Å². The Bertz CT molecular complexity index is 1510. The van der Waals surface area contributed by atoms with Crippen molar-refractivity contribution in [3.8, 4) is 11.5 Å². The van der Waals surface area contributed by atoms with Crippen molar-refractivity contribution in [1.29, 1.82) is 0 Å². The molecular weight excluding hydrogens is 488 g/mol. The maximum Gasteiger partial charge on any atom is 0.297 e. The van der Waals surface area contributed by atoms with Crippen molar-refractivity contribution < 1.29 is 18.7 Å². The fourth-order valence-electron chi connectivity index (χ4n) is 4.20. The lowest BCUT2D eigenvalue weighted by molar-refractivity contribution is 0.0971. The molecule has 0 radical (unpaired) electrons. The summed E-state index contributed by atoms with van der Waals surface area (Å²) in [6, 6.07) is 9.46. The van der Waals surface area contributed by atoms with Gasteiger partial charge in [0.05, 0.1) is 36.4 Å². The molecule has 1 atom stereocenters. The second-order valence-corrected chi connectivity index (χ2v) is 9.91. The van der Waals surface area contributed by atoms with E-state index in [1.165, 1.54) is 16.2 Å². The van der Waals surface area contributed by atoms with Crippen LogP contribution >= 0.6 is 22.9 Å². The highest BCUT2D eigenvalue weighted by molar-refractivity contribution is 7.15. The number of anilines is 1. The number of carbonyl (C=O) groups is 1. The van der Waals surface area contributed by atoms with Crippen LogP contribution in [-0.2, 0) is 0 Å². The third-order valence-electron chi connectivity index (χ3n) is 6.02. The normalized spacial score (nSPS) is 15.1. The fourth-order valence-corrected chi connectivity index (χ4v) is 5.31. The number of hydrogen-bond donors (Lipinski definition) is 0. The van der Waals surface area contributed by atoms with Crippen LogP contribution in [0.2, 0.25) is 5.02 Å². The molecule has 0 N–H and O–H groups in total. The van der Waals surface area contributed by atoms with E-state index in [4.69, 9.17) is 25.5 Å². The van der Waals surface area contributed by atoms with Crippen LogP contribution in [0.1, 0.15) is 51.6 Å². The van der Waals surface area contributed by atoms with E-state index in [0.29, 0.717) is 44.8 Å². The molecule has 0 aliphatic carbocycles. The molecule has 2 aromatic heterocycles. The van der Waals surface area contributed by atoms with Gasteiger partial charge in [0.1, 0.15) is 5.58 Å². The first-order valence-corrected chi connectivity index (χ1v) is 12.4. The Morgan fingerprint density at radius 1 is 1.14 bits per heavy atom. The van der Waals surface area contributed by atoms with Crippen molar-refractivity contribution in [1.82, 2.24) is 4.98 Å². The number of aromatic nitrogens is 1. The number of thiazole rings is 1. The second kappa shape index (κ2) is 9.02. The predicted molar refractivity (Wildman–Crippen MR) is 137 cm³/mol. The Balaban J connectivity index is 1.76. The van der Waals surface area contributed by atoms with Gasteiger partial charge in [-0.05, 0) is 56.2 Å². The monoisotopic (exact) mass is 510 g/mol. The first kappa shape index (κ1) is 23.4. The number of halogens is 1. The quantitative estimate of drug-likeness (QED) is 0.313.